The third-order valence-electron chi connectivity index (χ3n) is 2.57. The third-order valence-corrected chi connectivity index (χ3v) is 3.60. The SMILES string of the molecule is CC(CO)C(C)NCc1ccc([N+](=O)[O-])s1. The Bertz CT molecular complexity index is 354. The number of nitrogens with one attached hydrogen (secondary N) is 1. The number of nitro groups is 1. The summed E-state index contributed by atoms with van der Waals surface area (Å²) < 4.78 is 0. The topological polar surface area (TPSA) is 75.4 Å². The molecule has 0 radical (unpaired) electrons. The van der Waals surface area contributed by atoms with E-state index in [1.165, 1.54) is 17.4 Å². The van der Waals surface area contributed by atoms with Crippen LogP contribution in [0.3, 0.4) is 0 Å². The molecule has 0 bridgehead atoms. The number of nitrogens with zero attached hydrogens (tertiary/aromatic N) is 1. The summed E-state index contributed by atoms with van der Waals surface area (Å²) in [6.45, 7) is 4.68. The van der Waals surface area contributed by atoms with Gasteiger partial charge in [0.1, 0.15) is 0 Å². The van der Waals surface area contributed by atoms with Crippen LogP contribution < -0.4 is 5.32 Å². The molecule has 0 fully saturated rings. The molecule has 0 amide bonds. The maximum Gasteiger partial charge on any atom is 0.324 e. The molecule has 5 nitrogen and oxygen atoms in total. The third kappa shape index (κ3) is 3.55. The average Bonchev–Trinajstić information content (AvgIpc) is 2.73. The van der Waals surface area contributed by atoms with Crippen LogP contribution in [0.4, 0.5) is 5.00 Å². The average molecular weight is 244 g/mol. The first-order chi connectivity index (χ1) is 7.54. The van der Waals surface area contributed by atoms with Crippen molar-refractivity contribution in [1.82, 2.24) is 5.32 Å². The van der Waals surface area contributed by atoms with E-state index in [1.54, 1.807) is 6.07 Å². The molecule has 0 aliphatic carbocycles. The zero-order chi connectivity index (χ0) is 12.1. The molecule has 2 atom stereocenters. The second-order valence-electron chi connectivity index (χ2n) is 3.83. The van der Waals surface area contributed by atoms with E-state index in [1.807, 2.05) is 13.8 Å². The van der Waals surface area contributed by atoms with Gasteiger partial charge in [-0.15, -0.1) is 0 Å². The van der Waals surface area contributed by atoms with Crippen molar-refractivity contribution in [2.45, 2.75) is 26.4 Å². The van der Waals surface area contributed by atoms with Gasteiger partial charge in [-0.2, -0.15) is 0 Å². The van der Waals surface area contributed by atoms with Gasteiger partial charge in [-0.25, -0.2) is 0 Å². The first-order valence-corrected chi connectivity index (χ1v) is 5.93. The molecular formula is C10H16N2O3S. The van der Waals surface area contributed by atoms with Crippen LogP contribution in [0.1, 0.15) is 18.7 Å². The smallest absolute Gasteiger partial charge is 0.324 e. The van der Waals surface area contributed by atoms with Crippen molar-refractivity contribution in [2.75, 3.05) is 6.61 Å². The second kappa shape index (κ2) is 5.93. The minimum atomic E-state index is -0.381. The summed E-state index contributed by atoms with van der Waals surface area (Å²) in [5, 5.41) is 22.8. The van der Waals surface area contributed by atoms with Crippen LogP contribution in [0.15, 0.2) is 12.1 Å². The van der Waals surface area contributed by atoms with Gasteiger partial charge in [-0.05, 0) is 18.9 Å². The van der Waals surface area contributed by atoms with E-state index >= 15 is 0 Å². The van der Waals surface area contributed by atoms with E-state index in [2.05, 4.69) is 5.32 Å². The predicted molar refractivity (Wildman–Crippen MR) is 63.5 cm³/mol. The molecule has 1 aromatic heterocycles. The molecule has 2 unspecified atom stereocenters. The molecule has 1 rings (SSSR count). The Morgan fingerprint density at radius 2 is 2.25 bits per heavy atom. The predicted octanol–water partition coefficient (Wildman–Crippen LogP) is 1.76. The molecule has 6 heteroatoms. The maximum atomic E-state index is 10.5. The molecule has 16 heavy (non-hydrogen) atoms. The zero-order valence-electron chi connectivity index (χ0n) is 9.34. The Labute approximate surface area is 98.3 Å². The fourth-order valence-corrected chi connectivity index (χ4v) is 1.95. The molecule has 2 N–H and O–H groups in total. The zero-order valence-corrected chi connectivity index (χ0v) is 10.2. The lowest BCUT2D eigenvalue weighted by molar-refractivity contribution is -0.380. The van der Waals surface area contributed by atoms with Crippen LogP contribution in [0.25, 0.3) is 0 Å². The lowest BCUT2D eigenvalue weighted by Gasteiger charge is -2.18. The second-order valence-corrected chi connectivity index (χ2v) is 4.97. The first kappa shape index (κ1) is 13.1. The van der Waals surface area contributed by atoms with Crippen molar-refractivity contribution in [3.63, 3.8) is 0 Å². The first-order valence-electron chi connectivity index (χ1n) is 5.12. The van der Waals surface area contributed by atoms with Crippen LogP contribution in [0.2, 0.25) is 0 Å². The number of hydrogen-bond donors (Lipinski definition) is 2. The van der Waals surface area contributed by atoms with Crippen LogP contribution in [-0.4, -0.2) is 22.7 Å². The molecule has 1 aromatic rings. The quantitative estimate of drug-likeness (QED) is 0.590. The Morgan fingerprint density at radius 1 is 1.56 bits per heavy atom. The summed E-state index contributed by atoms with van der Waals surface area (Å²) in [6.07, 6.45) is 0. The molecule has 0 saturated heterocycles. The number of thiophene rings is 1. The van der Waals surface area contributed by atoms with Crippen LogP contribution in [0.5, 0.6) is 0 Å². The molecule has 1 heterocycles. The summed E-state index contributed by atoms with van der Waals surface area (Å²) in [4.78, 5) is 11.0. The van der Waals surface area contributed by atoms with E-state index < -0.39 is 0 Å². The van der Waals surface area contributed by atoms with Gasteiger partial charge >= 0.3 is 5.00 Å². The van der Waals surface area contributed by atoms with Gasteiger partial charge in [-0.1, -0.05) is 18.3 Å². The van der Waals surface area contributed by atoms with Gasteiger partial charge in [0.05, 0.1) is 4.92 Å². The van der Waals surface area contributed by atoms with Crippen LogP contribution >= 0.6 is 11.3 Å². The summed E-state index contributed by atoms with van der Waals surface area (Å²) in [7, 11) is 0. The van der Waals surface area contributed by atoms with Crippen molar-refractivity contribution < 1.29 is 10.0 Å². The van der Waals surface area contributed by atoms with Gasteiger partial charge in [0.15, 0.2) is 0 Å². The van der Waals surface area contributed by atoms with E-state index in [0.717, 1.165) is 4.88 Å². The summed E-state index contributed by atoms with van der Waals surface area (Å²) in [5.41, 5.74) is 0. The van der Waals surface area contributed by atoms with Crippen LogP contribution in [0, 0.1) is 16.0 Å². The minimum absolute atomic E-state index is 0.138. The molecule has 90 valence electrons. The highest BCUT2D eigenvalue weighted by Gasteiger charge is 2.13. The lowest BCUT2D eigenvalue weighted by atomic mass is 10.1. The van der Waals surface area contributed by atoms with Crippen molar-refractivity contribution in [3.8, 4) is 0 Å². The lowest BCUT2D eigenvalue weighted by Crippen LogP contribution is -2.33. The molecule has 0 aliphatic rings. The highest BCUT2D eigenvalue weighted by molar-refractivity contribution is 7.15. The molecule has 0 aliphatic heterocycles. The molecular weight excluding hydrogens is 228 g/mol. The largest absolute Gasteiger partial charge is 0.396 e. The van der Waals surface area contributed by atoms with Crippen molar-refractivity contribution in [1.29, 1.82) is 0 Å². The number of hydrogen-bond acceptors (Lipinski definition) is 5. The minimum Gasteiger partial charge on any atom is -0.396 e. The number of rotatable bonds is 6. The van der Waals surface area contributed by atoms with E-state index in [4.69, 9.17) is 5.11 Å². The van der Waals surface area contributed by atoms with Gasteiger partial charge in [0.25, 0.3) is 0 Å². The maximum absolute atomic E-state index is 10.5. The van der Waals surface area contributed by atoms with Gasteiger partial charge in [0.2, 0.25) is 0 Å². The van der Waals surface area contributed by atoms with Crippen LogP contribution in [-0.2, 0) is 6.54 Å². The Morgan fingerprint density at radius 3 is 2.75 bits per heavy atom. The fourth-order valence-electron chi connectivity index (χ4n) is 1.18. The molecule has 0 aromatic carbocycles. The van der Waals surface area contributed by atoms with Crippen molar-refractivity contribution in [3.05, 3.63) is 27.1 Å². The highest BCUT2D eigenvalue weighted by atomic mass is 32.1. The van der Waals surface area contributed by atoms with Crippen molar-refractivity contribution in [2.24, 2.45) is 5.92 Å². The molecule has 0 spiro atoms. The Hall–Kier alpha value is -0.980. The number of aliphatic hydroxyl groups is 1. The summed E-state index contributed by atoms with van der Waals surface area (Å²) >= 11 is 1.18. The Balaban J connectivity index is 2.45. The molecule has 0 saturated carbocycles. The standard InChI is InChI=1S/C10H16N2O3S/c1-7(6-13)8(2)11-5-9-3-4-10(16-9)12(14)15/h3-4,7-8,11,13H,5-6H2,1-2H3. The summed E-state index contributed by atoms with van der Waals surface area (Å²) in [5.74, 6) is 0.176. The van der Waals surface area contributed by atoms with E-state index in [-0.39, 0.29) is 28.5 Å². The van der Waals surface area contributed by atoms with E-state index in [9.17, 15) is 10.1 Å². The summed E-state index contributed by atoms with van der Waals surface area (Å²) in [6, 6.07) is 3.46. The monoisotopic (exact) mass is 244 g/mol. The number of aliphatic hydroxyl groups excluding tert-OH is 1. The van der Waals surface area contributed by atoms with Gasteiger partial charge < -0.3 is 10.4 Å². The van der Waals surface area contributed by atoms with Gasteiger partial charge in [0, 0.05) is 30.1 Å². The Kier molecular flexibility index (Phi) is 4.85. The highest BCUT2D eigenvalue weighted by Crippen LogP contribution is 2.23. The van der Waals surface area contributed by atoms with Crippen molar-refractivity contribution >= 4 is 16.3 Å². The van der Waals surface area contributed by atoms with E-state index in [0.29, 0.717) is 6.54 Å². The fraction of sp³-hybridized carbons (Fsp3) is 0.600. The normalized spacial score (nSPS) is 14.7. The van der Waals surface area contributed by atoms with Gasteiger partial charge in [-0.3, -0.25) is 10.1 Å².